The lowest BCUT2D eigenvalue weighted by Gasteiger charge is -2.06. The Hall–Kier alpha value is -0.740. The molecule has 0 unspecified atom stereocenters. The largest absolute Gasteiger partial charge is 0.390 e. The van der Waals surface area contributed by atoms with Gasteiger partial charge in [0.15, 0.2) is 0 Å². The van der Waals surface area contributed by atoms with Crippen molar-refractivity contribution in [1.29, 1.82) is 0 Å². The zero-order valence-corrected chi connectivity index (χ0v) is 6.16. The Balaban J connectivity index is 3.35. The average molecular weight is 169 g/mol. The third kappa shape index (κ3) is 7.15. The number of alkyl halides is 3. The number of rotatable bonds is 3. The summed E-state index contributed by atoms with van der Waals surface area (Å²) in [5.41, 5.74) is 0. The van der Waals surface area contributed by atoms with Crippen LogP contribution in [-0.4, -0.2) is 18.6 Å². The highest BCUT2D eigenvalue weighted by Gasteiger charge is 2.26. The number of nitrogens with one attached hydrogen (secondary N) is 1. The summed E-state index contributed by atoms with van der Waals surface area (Å²) in [5, 5.41) is 2.13. The van der Waals surface area contributed by atoms with Gasteiger partial charge in [-0.2, -0.15) is 13.2 Å². The van der Waals surface area contributed by atoms with Gasteiger partial charge in [0.1, 0.15) is 0 Å². The summed E-state index contributed by atoms with van der Waals surface area (Å²) < 4.78 is 34.4. The highest BCUT2D eigenvalue weighted by molar-refractivity contribution is 5.75. The SMILES string of the molecule is CCC(=O)NCCC(F)(F)F. The predicted molar refractivity (Wildman–Crippen MR) is 34.0 cm³/mol. The maximum Gasteiger partial charge on any atom is 0.390 e. The third-order valence-corrected chi connectivity index (χ3v) is 1.05. The second-order valence-electron chi connectivity index (χ2n) is 2.07. The Kier molecular flexibility index (Phi) is 3.92. The maximum absolute atomic E-state index is 11.5. The van der Waals surface area contributed by atoms with Crippen molar-refractivity contribution >= 4 is 5.91 Å². The number of hydrogen-bond donors (Lipinski definition) is 1. The van der Waals surface area contributed by atoms with Crippen molar-refractivity contribution < 1.29 is 18.0 Å². The lowest BCUT2D eigenvalue weighted by molar-refractivity contribution is -0.135. The van der Waals surface area contributed by atoms with E-state index >= 15 is 0 Å². The van der Waals surface area contributed by atoms with E-state index in [2.05, 4.69) is 5.32 Å². The first-order valence-corrected chi connectivity index (χ1v) is 3.29. The van der Waals surface area contributed by atoms with Gasteiger partial charge in [0.2, 0.25) is 5.91 Å². The molecule has 0 saturated heterocycles. The quantitative estimate of drug-likeness (QED) is 0.680. The van der Waals surface area contributed by atoms with E-state index in [9.17, 15) is 18.0 Å². The van der Waals surface area contributed by atoms with E-state index in [1.165, 1.54) is 0 Å². The van der Waals surface area contributed by atoms with Gasteiger partial charge < -0.3 is 5.32 Å². The van der Waals surface area contributed by atoms with Gasteiger partial charge in [-0.25, -0.2) is 0 Å². The van der Waals surface area contributed by atoms with Crippen molar-refractivity contribution in [2.24, 2.45) is 0 Å². The van der Waals surface area contributed by atoms with Crippen LogP contribution in [0.3, 0.4) is 0 Å². The Morgan fingerprint density at radius 3 is 2.36 bits per heavy atom. The van der Waals surface area contributed by atoms with E-state index in [1.807, 2.05) is 0 Å². The van der Waals surface area contributed by atoms with Crippen LogP contribution in [0.5, 0.6) is 0 Å². The van der Waals surface area contributed by atoms with Crippen LogP contribution < -0.4 is 5.32 Å². The molecular formula is C6H10F3NO. The number of halogens is 3. The summed E-state index contributed by atoms with van der Waals surface area (Å²) in [6.07, 6.45) is -4.92. The number of amides is 1. The van der Waals surface area contributed by atoms with Crippen molar-refractivity contribution in [2.75, 3.05) is 6.54 Å². The summed E-state index contributed by atoms with van der Waals surface area (Å²) >= 11 is 0. The third-order valence-electron chi connectivity index (χ3n) is 1.05. The fourth-order valence-corrected chi connectivity index (χ4v) is 0.469. The molecule has 2 nitrogen and oxygen atoms in total. The van der Waals surface area contributed by atoms with Crippen LogP contribution in [0, 0.1) is 0 Å². The van der Waals surface area contributed by atoms with E-state index in [-0.39, 0.29) is 18.9 Å². The molecule has 0 aliphatic carbocycles. The van der Waals surface area contributed by atoms with E-state index in [0.29, 0.717) is 0 Å². The normalized spacial score (nSPS) is 11.3. The smallest absolute Gasteiger partial charge is 0.356 e. The second kappa shape index (κ2) is 4.20. The average Bonchev–Trinajstić information content (AvgIpc) is 1.85. The standard InChI is InChI=1S/C6H10F3NO/c1-2-5(11)10-4-3-6(7,8)9/h2-4H2,1H3,(H,10,11). The van der Waals surface area contributed by atoms with Gasteiger partial charge in [0, 0.05) is 13.0 Å². The number of hydrogen-bond acceptors (Lipinski definition) is 1. The highest BCUT2D eigenvalue weighted by Crippen LogP contribution is 2.17. The van der Waals surface area contributed by atoms with Gasteiger partial charge in [-0.3, -0.25) is 4.79 Å². The molecule has 0 aromatic rings. The molecule has 11 heavy (non-hydrogen) atoms. The molecule has 0 atom stereocenters. The van der Waals surface area contributed by atoms with Crippen molar-refractivity contribution in [3.63, 3.8) is 0 Å². The topological polar surface area (TPSA) is 29.1 Å². The van der Waals surface area contributed by atoms with Gasteiger partial charge in [-0.15, -0.1) is 0 Å². The zero-order valence-electron chi connectivity index (χ0n) is 6.16. The molecule has 0 rings (SSSR count). The van der Waals surface area contributed by atoms with Crippen molar-refractivity contribution in [3.8, 4) is 0 Å². The molecule has 0 aliphatic heterocycles. The van der Waals surface area contributed by atoms with Crippen LogP contribution in [0.1, 0.15) is 19.8 Å². The first kappa shape index (κ1) is 10.3. The second-order valence-corrected chi connectivity index (χ2v) is 2.07. The zero-order chi connectivity index (χ0) is 8.91. The summed E-state index contributed by atoms with van der Waals surface area (Å²) in [6, 6.07) is 0. The molecule has 0 aromatic carbocycles. The Morgan fingerprint density at radius 1 is 1.45 bits per heavy atom. The van der Waals surface area contributed by atoms with Crippen LogP contribution in [0.25, 0.3) is 0 Å². The molecule has 0 aromatic heterocycles. The Labute approximate surface area is 62.8 Å². The van der Waals surface area contributed by atoms with Crippen LogP contribution in [-0.2, 0) is 4.79 Å². The minimum absolute atomic E-state index is 0.220. The fraction of sp³-hybridized carbons (Fsp3) is 0.833. The molecule has 1 amide bonds. The van der Waals surface area contributed by atoms with Gasteiger partial charge >= 0.3 is 6.18 Å². The summed E-state index contributed by atoms with van der Waals surface area (Å²) in [5.74, 6) is -0.353. The molecule has 0 radical (unpaired) electrons. The first-order valence-electron chi connectivity index (χ1n) is 3.29. The van der Waals surface area contributed by atoms with Gasteiger partial charge in [-0.05, 0) is 0 Å². The molecule has 0 saturated carbocycles. The predicted octanol–water partition coefficient (Wildman–Crippen LogP) is 1.47. The first-order chi connectivity index (χ1) is 4.95. The Morgan fingerprint density at radius 2 is 2.00 bits per heavy atom. The number of carbonyl (C=O) groups excluding carboxylic acids is 1. The minimum atomic E-state index is -4.18. The van der Waals surface area contributed by atoms with Crippen LogP contribution in [0.15, 0.2) is 0 Å². The van der Waals surface area contributed by atoms with Crippen LogP contribution >= 0.6 is 0 Å². The molecule has 0 aliphatic rings. The van der Waals surface area contributed by atoms with E-state index in [1.54, 1.807) is 6.92 Å². The minimum Gasteiger partial charge on any atom is -0.356 e. The van der Waals surface area contributed by atoms with Gasteiger partial charge in [-0.1, -0.05) is 6.92 Å². The molecular weight excluding hydrogens is 159 g/mol. The molecule has 0 spiro atoms. The van der Waals surface area contributed by atoms with Crippen molar-refractivity contribution in [1.82, 2.24) is 5.32 Å². The van der Waals surface area contributed by atoms with E-state index in [0.717, 1.165) is 0 Å². The van der Waals surface area contributed by atoms with E-state index in [4.69, 9.17) is 0 Å². The van der Waals surface area contributed by atoms with Crippen molar-refractivity contribution in [2.45, 2.75) is 25.9 Å². The van der Waals surface area contributed by atoms with Crippen LogP contribution in [0.2, 0.25) is 0 Å². The molecule has 1 N–H and O–H groups in total. The molecule has 66 valence electrons. The van der Waals surface area contributed by atoms with Crippen molar-refractivity contribution in [3.05, 3.63) is 0 Å². The lowest BCUT2D eigenvalue weighted by Crippen LogP contribution is -2.26. The Bertz CT molecular complexity index is 132. The van der Waals surface area contributed by atoms with E-state index < -0.39 is 12.6 Å². The van der Waals surface area contributed by atoms with Gasteiger partial charge in [0.25, 0.3) is 0 Å². The highest BCUT2D eigenvalue weighted by atomic mass is 19.4. The van der Waals surface area contributed by atoms with Crippen LogP contribution in [0.4, 0.5) is 13.2 Å². The molecule has 0 bridgehead atoms. The maximum atomic E-state index is 11.5. The fourth-order valence-electron chi connectivity index (χ4n) is 0.469. The molecule has 0 heterocycles. The number of carbonyl (C=O) groups is 1. The summed E-state index contributed by atoms with van der Waals surface area (Å²) in [7, 11) is 0. The summed E-state index contributed by atoms with van der Waals surface area (Å²) in [4.78, 5) is 10.4. The molecule has 0 fully saturated rings. The summed E-state index contributed by atoms with van der Waals surface area (Å²) in [6.45, 7) is 1.26. The lowest BCUT2D eigenvalue weighted by atomic mass is 10.4. The molecule has 5 heteroatoms. The van der Waals surface area contributed by atoms with Gasteiger partial charge in [0.05, 0.1) is 6.42 Å². The monoisotopic (exact) mass is 169 g/mol.